The second-order valence-corrected chi connectivity index (χ2v) is 1.31. The minimum absolute atomic E-state index is 0.755. The van der Waals surface area contributed by atoms with E-state index in [-0.39, 0.29) is 0 Å². The predicted molar refractivity (Wildman–Crippen MR) is 30.2 cm³/mol. The van der Waals surface area contributed by atoms with Crippen LogP contribution in [0.15, 0.2) is 17.1 Å². The highest BCUT2D eigenvalue weighted by Crippen LogP contribution is 1.88. The number of rotatable bonds is 1. The van der Waals surface area contributed by atoms with Crippen molar-refractivity contribution >= 4 is 11.9 Å². The summed E-state index contributed by atoms with van der Waals surface area (Å²) in [5, 5.41) is 6.69. The Hall–Kier alpha value is -0.920. The van der Waals surface area contributed by atoms with E-state index >= 15 is 0 Å². The normalized spacial score (nSPS) is 16.9. The van der Waals surface area contributed by atoms with Crippen LogP contribution in [0.2, 0.25) is 0 Å². The number of hydrogen-bond acceptors (Lipinski definition) is 2. The van der Waals surface area contributed by atoms with Gasteiger partial charge in [-0.3, -0.25) is 4.99 Å². The summed E-state index contributed by atoms with van der Waals surface area (Å²) >= 11 is 0. The molecule has 1 heterocycles. The molecule has 0 fully saturated rings. The SMILES string of the molecule is N=CC1=NCC=C1. The molecule has 0 spiro atoms. The van der Waals surface area contributed by atoms with Gasteiger partial charge < -0.3 is 5.41 Å². The van der Waals surface area contributed by atoms with Crippen LogP contribution in [0.1, 0.15) is 0 Å². The van der Waals surface area contributed by atoms with Crippen LogP contribution < -0.4 is 0 Å². The third-order valence-electron chi connectivity index (χ3n) is 0.816. The summed E-state index contributed by atoms with van der Waals surface area (Å²) in [6.45, 7) is 0.755. The van der Waals surface area contributed by atoms with Crippen molar-refractivity contribution in [2.75, 3.05) is 6.54 Å². The minimum Gasteiger partial charge on any atom is -0.307 e. The predicted octanol–water partition coefficient (Wildman–Crippen LogP) is 0.647. The van der Waals surface area contributed by atoms with Gasteiger partial charge in [0, 0.05) is 6.21 Å². The lowest BCUT2D eigenvalue weighted by atomic mass is 10.4. The third-order valence-corrected chi connectivity index (χ3v) is 0.816. The summed E-state index contributed by atoms with van der Waals surface area (Å²) in [5.74, 6) is 0. The summed E-state index contributed by atoms with van der Waals surface area (Å²) in [4.78, 5) is 3.92. The number of aliphatic imine (C=N–C) groups is 1. The van der Waals surface area contributed by atoms with Gasteiger partial charge >= 0.3 is 0 Å². The van der Waals surface area contributed by atoms with E-state index in [0.29, 0.717) is 0 Å². The molecule has 36 valence electrons. The first-order valence-electron chi connectivity index (χ1n) is 2.15. The lowest BCUT2D eigenvalue weighted by Gasteiger charge is -1.75. The maximum atomic E-state index is 6.69. The summed E-state index contributed by atoms with van der Waals surface area (Å²) in [7, 11) is 0. The van der Waals surface area contributed by atoms with Crippen molar-refractivity contribution in [1.82, 2.24) is 0 Å². The molecule has 0 saturated heterocycles. The highest BCUT2D eigenvalue weighted by molar-refractivity contribution is 6.35. The molecule has 0 unspecified atom stereocenters. The Morgan fingerprint density at radius 1 is 1.86 bits per heavy atom. The molecular formula is C5H6N2. The largest absolute Gasteiger partial charge is 0.307 e. The van der Waals surface area contributed by atoms with Gasteiger partial charge in [-0.1, -0.05) is 6.08 Å². The van der Waals surface area contributed by atoms with Crippen LogP contribution in [0.25, 0.3) is 0 Å². The van der Waals surface area contributed by atoms with Crippen molar-refractivity contribution in [3.63, 3.8) is 0 Å². The number of allylic oxidation sites excluding steroid dienone is 1. The average molecular weight is 94.1 g/mol. The molecule has 1 N–H and O–H groups in total. The molecule has 0 aromatic carbocycles. The fourth-order valence-corrected chi connectivity index (χ4v) is 0.478. The van der Waals surface area contributed by atoms with Crippen LogP contribution in [-0.2, 0) is 0 Å². The van der Waals surface area contributed by atoms with E-state index in [0.717, 1.165) is 12.3 Å². The van der Waals surface area contributed by atoms with Crippen LogP contribution in [-0.4, -0.2) is 18.5 Å². The lowest BCUT2D eigenvalue weighted by Crippen LogP contribution is -1.87. The van der Waals surface area contributed by atoms with Gasteiger partial charge in [0.15, 0.2) is 0 Å². The Morgan fingerprint density at radius 2 is 2.71 bits per heavy atom. The molecule has 2 nitrogen and oxygen atoms in total. The van der Waals surface area contributed by atoms with Crippen molar-refractivity contribution in [3.8, 4) is 0 Å². The summed E-state index contributed by atoms with van der Waals surface area (Å²) in [5.41, 5.74) is 0.778. The zero-order chi connectivity index (χ0) is 5.11. The van der Waals surface area contributed by atoms with Crippen LogP contribution in [0, 0.1) is 5.41 Å². The molecule has 1 aliphatic rings. The Labute approximate surface area is 42.1 Å². The molecule has 0 radical (unpaired) electrons. The first kappa shape index (κ1) is 4.24. The van der Waals surface area contributed by atoms with Crippen molar-refractivity contribution < 1.29 is 0 Å². The van der Waals surface area contributed by atoms with Gasteiger partial charge in [-0.2, -0.15) is 0 Å². The van der Waals surface area contributed by atoms with Crippen molar-refractivity contribution in [1.29, 1.82) is 5.41 Å². The Kier molecular flexibility index (Phi) is 1.02. The summed E-state index contributed by atoms with van der Waals surface area (Å²) in [6, 6.07) is 0. The van der Waals surface area contributed by atoms with Crippen molar-refractivity contribution in [2.45, 2.75) is 0 Å². The zero-order valence-electron chi connectivity index (χ0n) is 3.89. The van der Waals surface area contributed by atoms with Crippen LogP contribution in [0.5, 0.6) is 0 Å². The molecule has 0 atom stereocenters. The quantitative estimate of drug-likeness (QED) is 0.463. The Morgan fingerprint density at radius 3 is 3.00 bits per heavy atom. The summed E-state index contributed by atoms with van der Waals surface area (Å²) in [6.07, 6.45) is 5.02. The van der Waals surface area contributed by atoms with E-state index in [4.69, 9.17) is 5.41 Å². The van der Waals surface area contributed by atoms with Crippen LogP contribution in [0.3, 0.4) is 0 Å². The fraction of sp³-hybridized carbons (Fsp3) is 0.200. The van der Waals surface area contributed by atoms with E-state index in [9.17, 15) is 0 Å². The molecular weight excluding hydrogens is 88.1 g/mol. The van der Waals surface area contributed by atoms with E-state index in [1.807, 2.05) is 12.2 Å². The minimum atomic E-state index is 0.755. The maximum absolute atomic E-state index is 6.69. The number of nitrogens with zero attached hydrogens (tertiary/aromatic N) is 1. The van der Waals surface area contributed by atoms with Gasteiger partial charge in [0.2, 0.25) is 0 Å². The Balaban J connectivity index is 2.69. The fourth-order valence-electron chi connectivity index (χ4n) is 0.478. The maximum Gasteiger partial charge on any atom is 0.0751 e. The molecule has 7 heavy (non-hydrogen) atoms. The molecule has 1 rings (SSSR count). The molecule has 0 amide bonds. The molecule has 2 heteroatoms. The van der Waals surface area contributed by atoms with E-state index in [1.54, 1.807) is 0 Å². The smallest absolute Gasteiger partial charge is 0.0751 e. The van der Waals surface area contributed by atoms with E-state index < -0.39 is 0 Å². The van der Waals surface area contributed by atoms with Crippen molar-refractivity contribution in [3.05, 3.63) is 12.2 Å². The van der Waals surface area contributed by atoms with Crippen LogP contribution in [0.4, 0.5) is 0 Å². The highest BCUT2D eigenvalue weighted by atomic mass is 14.7. The second kappa shape index (κ2) is 1.69. The number of nitrogens with one attached hydrogen (secondary N) is 1. The van der Waals surface area contributed by atoms with Gasteiger partial charge in [-0.15, -0.1) is 0 Å². The van der Waals surface area contributed by atoms with Gasteiger partial charge in [0.1, 0.15) is 0 Å². The average Bonchev–Trinajstić information content (AvgIpc) is 2.14. The van der Waals surface area contributed by atoms with E-state index in [1.165, 1.54) is 6.21 Å². The van der Waals surface area contributed by atoms with E-state index in [2.05, 4.69) is 4.99 Å². The van der Waals surface area contributed by atoms with Gasteiger partial charge in [0.05, 0.1) is 12.3 Å². The first-order chi connectivity index (χ1) is 3.43. The monoisotopic (exact) mass is 94.1 g/mol. The summed E-state index contributed by atoms with van der Waals surface area (Å²) < 4.78 is 0. The van der Waals surface area contributed by atoms with Gasteiger partial charge in [-0.25, -0.2) is 0 Å². The highest BCUT2D eigenvalue weighted by Gasteiger charge is 1.90. The molecule has 0 aromatic heterocycles. The number of hydrogen-bond donors (Lipinski definition) is 1. The molecule has 0 aliphatic carbocycles. The third kappa shape index (κ3) is 0.738. The van der Waals surface area contributed by atoms with Gasteiger partial charge in [0.25, 0.3) is 0 Å². The zero-order valence-corrected chi connectivity index (χ0v) is 3.89. The Bertz CT molecular complexity index is 133. The second-order valence-electron chi connectivity index (χ2n) is 1.31. The van der Waals surface area contributed by atoms with Crippen molar-refractivity contribution in [2.24, 2.45) is 4.99 Å². The molecule has 0 aromatic rings. The molecule has 0 saturated carbocycles. The standard InChI is InChI=1S/C5H6N2/c6-4-5-2-1-3-7-5/h1-2,4,6H,3H2. The first-order valence-corrected chi connectivity index (χ1v) is 2.15. The van der Waals surface area contributed by atoms with Crippen LogP contribution >= 0.6 is 0 Å². The molecule has 1 aliphatic heterocycles. The van der Waals surface area contributed by atoms with Gasteiger partial charge in [-0.05, 0) is 6.08 Å². The topological polar surface area (TPSA) is 36.2 Å². The lowest BCUT2D eigenvalue weighted by molar-refractivity contribution is 1.29. The molecule has 0 bridgehead atoms.